The van der Waals surface area contributed by atoms with Crippen molar-refractivity contribution in [2.24, 2.45) is 5.73 Å². The lowest BCUT2D eigenvalue weighted by Crippen LogP contribution is -2.49. The molecule has 0 bridgehead atoms. The summed E-state index contributed by atoms with van der Waals surface area (Å²) in [4.78, 5) is 2.37. The van der Waals surface area contributed by atoms with Crippen LogP contribution >= 0.6 is 0 Å². The predicted molar refractivity (Wildman–Crippen MR) is 75.2 cm³/mol. The van der Waals surface area contributed by atoms with Crippen LogP contribution in [-0.4, -0.2) is 32.1 Å². The SMILES string of the molecule is Cc1ccc(CN)c(N2CCCC3(C2)OCCO3)c1. The number of hydrogen-bond acceptors (Lipinski definition) is 4. The maximum Gasteiger partial charge on any atom is 0.186 e. The van der Waals surface area contributed by atoms with Crippen molar-refractivity contribution in [1.29, 1.82) is 0 Å². The largest absolute Gasteiger partial charge is 0.366 e. The Morgan fingerprint density at radius 1 is 1.32 bits per heavy atom. The molecule has 2 aliphatic heterocycles. The second kappa shape index (κ2) is 5.12. The molecule has 0 aliphatic carbocycles. The zero-order valence-electron chi connectivity index (χ0n) is 11.5. The predicted octanol–water partition coefficient (Wildman–Crippen LogP) is 1.80. The highest BCUT2D eigenvalue weighted by atomic mass is 16.7. The molecule has 0 amide bonds. The van der Waals surface area contributed by atoms with Crippen LogP contribution in [0.2, 0.25) is 0 Å². The summed E-state index contributed by atoms with van der Waals surface area (Å²) in [6.07, 6.45) is 2.09. The van der Waals surface area contributed by atoms with Crippen molar-refractivity contribution in [1.82, 2.24) is 0 Å². The number of rotatable bonds is 2. The summed E-state index contributed by atoms with van der Waals surface area (Å²) >= 11 is 0. The first-order valence-electron chi connectivity index (χ1n) is 7.05. The van der Waals surface area contributed by atoms with Gasteiger partial charge in [-0.25, -0.2) is 0 Å². The molecule has 3 rings (SSSR count). The van der Waals surface area contributed by atoms with Gasteiger partial charge in [-0.1, -0.05) is 12.1 Å². The number of ether oxygens (including phenoxy) is 2. The molecule has 19 heavy (non-hydrogen) atoms. The van der Waals surface area contributed by atoms with E-state index >= 15 is 0 Å². The monoisotopic (exact) mass is 262 g/mol. The molecule has 4 nitrogen and oxygen atoms in total. The smallest absolute Gasteiger partial charge is 0.186 e. The molecule has 2 N–H and O–H groups in total. The average molecular weight is 262 g/mol. The highest BCUT2D eigenvalue weighted by molar-refractivity contribution is 5.56. The van der Waals surface area contributed by atoms with Gasteiger partial charge in [0.1, 0.15) is 0 Å². The minimum Gasteiger partial charge on any atom is -0.366 e. The normalized spacial score (nSPS) is 22.1. The number of piperidine rings is 1. The summed E-state index contributed by atoms with van der Waals surface area (Å²) < 4.78 is 11.7. The molecule has 1 aromatic rings. The fourth-order valence-corrected chi connectivity index (χ4v) is 3.07. The molecule has 2 heterocycles. The van der Waals surface area contributed by atoms with Gasteiger partial charge in [0.15, 0.2) is 5.79 Å². The third-order valence-electron chi connectivity index (χ3n) is 4.03. The van der Waals surface area contributed by atoms with E-state index in [-0.39, 0.29) is 5.79 Å². The standard InChI is InChI=1S/C15H22N2O2/c1-12-3-4-13(10-16)14(9-12)17-6-2-5-15(11-17)18-7-8-19-15/h3-4,9H,2,5-8,10-11,16H2,1H3. The van der Waals surface area contributed by atoms with Gasteiger partial charge in [-0.15, -0.1) is 0 Å². The third kappa shape index (κ3) is 2.48. The van der Waals surface area contributed by atoms with Crippen LogP contribution in [0.25, 0.3) is 0 Å². The molecule has 2 aliphatic rings. The van der Waals surface area contributed by atoms with Gasteiger partial charge in [0.25, 0.3) is 0 Å². The van der Waals surface area contributed by atoms with E-state index in [1.165, 1.54) is 16.8 Å². The molecule has 0 aromatic heterocycles. The average Bonchev–Trinajstić information content (AvgIpc) is 2.86. The summed E-state index contributed by atoms with van der Waals surface area (Å²) in [7, 11) is 0. The second-order valence-corrected chi connectivity index (χ2v) is 5.47. The van der Waals surface area contributed by atoms with Gasteiger partial charge in [0.05, 0.1) is 19.8 Å². The van der Waals surface area contributed by atoms with Gasteiger partial charge >= 0.3 is 0 Å². The number of nitrogens with zero attached hydrogens (tertiary/aromatic N) is 1. The first kappa shape index (κ1) is 12.9. The van der Waals surface area contributed by atoms with Gasteiger partial charge in [0.2, 0.25) is 0 Å². The van der Waals surface area contributed by atoms with Crippen LogP contribution in [0.5, 0.6) is 0 Å². The molecule has 0 radical (unpaired) electrons. The van der Waals surface area contributed by atoms with Gasteiger partial charge in [-0.05, 0) is 30.5 Å². The third-order valence-corrected chi connectivity index (χ3v) is 4.03. The second-order valence-electron chi connectivity index (χ2n) is 5.47. The van der Waals surface area contributed by atoms with Crippen LogP contribution in [0.1, 0.15) is 24.0 Å². The summed E-state index contributed by atoms with van der Waals surface area (Å²) in [5, 5.41) is 0. The Kier molecular flexibility index (Phi) is 3.48. The highest BCUT2D eigenvalue weighted by Gasteiger charge is 2.41. The van der Waals surface area contributed by atoms with E-state index in [2.05, 4.69) is 30.0 Å². The fourth-order valence-electron chi connectivity index (χ4n) is 3.07. The minimum atomic E-state index is -0.381. The molecule has 2 fully saturated rings. The van der Waals surface area contributed by atoms with E-state index in [1.54, 1.807) is 0 Å². The molecular weight excluding hydrogens is 240 g/mol. The van der Waals surface area contributed by atoms with Crippen molar-refractivity contribution >= 4 is 5.69 Å². The molecule has 1 aromatic carbocycles. The van der Waals surface area contributed by atoms with E-state index in [1.807, 2.05) is 0 Å². The molecule has 0 atom stereocenters. The van der Waals surface area contributed by atoms with Crippen molar-refractivity contribution in [3.05, 3.63) is 29.3 Å². The summed E-state index contributed by atoms with van der Waals surface area (Å²) in [5.74, 6) is -0.381. The number of benzene rings is 1. The Morgan fingerprint density at radius 2 is 2.11 bits per heavy atom. The lowest BCUT2D eigenvalue weighted by molar-refractivity contribution is -0.161. The quantitative estimate of drug-likeness (QED) is 0.883. The Bertz CT molecular complexity index is 455. The van der Waals surface area contributed by atoms with Crippen LogP contribution in [0.4, 0.5) is 5.69 Å². The van der Waals surface area contributed by atoms with Crippen LogP contribution in [0.3, 0.4) is 0 Å². The Morgan fingerprint density at radius 3 is 2.84 bits per heavy atom. The van der Waals surface area contributed by atoms with Crippen molar-refractivity contribution in [2.75, 3.05) is 31.2 Å². The molecule has 104 valence electrons. The Balaban J connectivity index is 1.87. The van der Waals surface area contributed by atoms with Crippen molar-refractivity contribution in [3.63, 3.8) is 0 Å². The van der Waals surface area contributed by atoms with Crippen LogP contribution in [0.15, 0.2) is 18.2 Å². The van der Waals surface area contributed by atoms with Crippen LogP contribution in [-0.2, 0) is 16.0 Å². The van der Waals surface area contributed by atoms with Gasteiger partial charge in [-0.3, -0.25) is 0 Å². The van der Waals surface area contributed by atoms with E-state index in [9.17, 15) is 0 Å². The van der Waals surface area contributed by atoms with E-state index in [0.717, 1.165) is 25.9 Å². The van der Waals surface area contributed by atoms with Crippen molar-refractivity contribution in [2.45, 2.75) is 32.1 Å². The maximum absolute atomic E-state index is 5.86. The number of hydrogen-bond donors (Lipinski definition) is 1. The number of anilines is 1. The van der Waals surface area contributed by atoms with Crippen molar-refractivity contribution in [3.8, 4) is 0 Å². The van der Waals surface area contributed by atoms with Gasteiger partial charge < -0.3 is 20.1 Å². The fraction of sp³-hybridized carbons (Fsp3) is 0.600. The maximum atomic E-state index is 5.86. The van der Waals surface area contributed by atoms with Crippen LogP contribution in [0, 0.1) is 6.92 Å². The molecule has 2 saturated heterocycles. The zero-order valence-corrected chi connectivity index (χ0v) is 11.5. The van der Waals surface area contributed by atoms with E-state index < -0.39 is 0 Å². The summed E-state index contributed by atoms with van der Waals surface area (Å²) in [6, 6.07) is 6.46. The summed E-state index contributed by atoms with van der Waals surface area (Å²) in [5.41, 5.74) is 9.56. The minimum absolute atomic E-state index is 0.381. The molecule has 0 saturated carbocycles. The molecular formula is C15H22N2O2. The van der Waals surface area contributed by atoms with E-state index in [0.29, 0.717) is 19.8 Å². The zero-order chi connectivity index (χ0) is 13.3. The Hall–Kier alpha value is -1.10. The van der Waals surface area contributed by atoms with Crippen LogP contribution < -0.4 is 10.6 Å². The summed E-state index contributed by atoms with van der Waals surface area (Å²) in [6.45, 7) is 5.97. The van der Waals surface area contributed by atoms with Gasteiger partial charge in [-0.2, -0.15) is 0 Å². The lowest BCUT2D eigenvalue weighted by Gasteiger charge is -2.40. The highest BCUT2D eigenvalue weighted by Crippen LogP contribution is 2.34. The topological polar surface area (TPSA) is 47.7 Å². The molecule has 0 unspecified atom stereocenters. The van der Waals surface area contributed by atoms with Crippen molar-refractivity contribution < 1.29 is 9.47 Å². The first-order valence-corrected chi connectivity index (χ1v) is 7.05. The molecule has 4 heteroatoms. The van der Waals surface area contributed by atoms with Gasteiger partial charge in [0, 0.05) is 25.2 Å². The molecule has 1 spiro atoms. The first-order chi connectivity index (χ1) is 9.22. The Labute approximate surface area is 114 Å². The van der Waals surface area contributed by atoms with E-state index in [4.69, 9.17) is 15.2 Å². The lowest BCUT2D eigenvalue weighted by atomic mass is 10.0. The number of nitrogens with two attached hydrogens (primary N) is 1. The number of aryl methyl sites for hydroxylation is 1.